The standard InChI is InChI=1S/C16H14F3NO4S/c1-2-20(8-10-3-5-12-13(7-10)24-9-23-12)25(21,22)14-6-4-11(17)15(18)16(14)19/h3-7H,2,8-9H2,1H3. The minimum Gasteiger partial charge on any atom is -0.454 e. The first-order valence-corrected chi connectivity index (χ1v) is 8.80. The van der Waals surface area contributed by atoms with Gasteiger partial charge in [0.15, 0.2) is 29.0 Å². The largest absolute Gasteiger partial charge is 0.454 e. The molecule has 2 aromatic carbocycles. The van der Waals surface area contributed by atoms with Crippen molar-refractivity contribution >= 4 is 10.0 Å². The van der Waals surface area contributed by atoms with Crippen LogP contribution in [0.25, 0.3) is 0 Å². The average molecular weight is 373 g/mol. The molecule has 1 aliphatic rings. The Morgan fingerprint density at radius 2 is 1.76 bits per heavy atom. The Hall–Kier alpha value is -2.26. The molecule has 1 heterocycles. The maximum atomic E-state index is 13.9. The summed E-state index contributed by atoms with van der Waals surface area (Å²) in [7, 11) is -4.35. The quantitative estimate of drug-likeness (QED) is 0.756. The first-order chi connectivity index (χ1) is 11.8. The van der Waals surface area contributed by atoms with Crippen LogP contribution < -0.4 is 9.47 Å². The zero-order chi connectivity index (χ0) is 18.2. The van der Waals surface area contributed by atoms with Gasteiger partial charge < -0.3 is 9.47 Å². The Kier molecular flexibility index (Phi) is 4.61. The van der Waals surface area contributed by atoms with E-state index in [1.165, 1.54) is 0 Å². The number of halogens is 3. The molecular formula is C16H14F3NO4S. The molecule has 0 atom stereocenters. The van der Waals surface area contributed by atoms with Gasteiger partial charge in [-0.25, -0.2) is 21.6 Å². The Morgan fingerprint density at radius 1 is 1.04 bits per heavy atom. The van der Waals surface area contributed by atoms with Crippen LogP contribution in [0.3, 0.4) is 0 Å². The van der Waals surface area contributed by atoms with Crippen molar-refractivity contribution in [3.63, 3.8) is 0 Å². The van der Waals surface area contributed by atoms with Crippen molar-refractivity contribution < 1.29 is 31.1 Å². The van der Waals surface area contributed by atoms with E-state index in [1.807, 2.05) is 0 Å². The molecule has 2 aromatic rings. The molecule has 0 saturated carbocycles. The van der Waals surface area contributed by atoms with Crippen LogP contribution in [0, 0.1) is 17.5 Å². The molecule has 0 aliphatic carbocycles. The van der Waals surface area contributed by atoms with E-state index in [9.17, 15) is 21.6 Å². The van der Waals surface area contributed by atoms with Crippen molar-refractivity contribution in [2.24, 2.45) is 0 Å². The third-order valence-corrected chi connectivity index (χ3v) is 5.70. The van der Waals surface area contributed by atoms with Crippen molar-refractivity contribution in [1.29, 1.82) is 0 Å². The van der Waals surface area contributed by atoms with E-state index in [1.54, 1.807) is 25.1 Å². The molecule has 0 fully saturated rings. The fourth-order valence-corrected chi connectivity index (χ4v) is 3.95. The van der Waals surface area contributed by atoms with Gasteiger partial charge >= 0.3 is 0 Å². The molecule has 0 saturated heterocycles. The fraction of sp³-hybridized carbons (Fsp3) is 0.250. The molecule has 1 aliphatic heterocycles. The highest BCUT2D eigenvalue weighted by Gasteiger charge is 2.29. The molecule has 0 amide bonds. The molecule has 0 bridgehead atoms. The summed E-state index contributed by atoms with van der Waals surface area (Å²) in [5, 5.41) is 0. The number of hydrogen-bond acceptors (Lipinski definition) is 4. The van der Waals surface area contributed by atoms with Crippen LogP contribution in [-0.4, -0.2) is 26.1 Å². The lowest BCUT2D eigenvalue weighted by Gasteiger charge is -2.21. The summed E-state index contributed by atoms with van der Waals surface area (Å²) in [6, 6.07) is 6.19. The zero-order valence-electron chi connectivity index (χ0n) is 13.1. The number of ether oxygens (including phenoxy) is 2. The summed E-state index contributed by atoms with van der Waals surface area (Å²) >= 11 is 0. The van der Waals surface area contributed by atoms with E-state index in [0.717, 1.165) is 4.31 Å². The number of sulfonamides is 1. The normalized spacial score (nSPS) is 13.5. The molecule has 0 unspecified atom stereocenters. The minimum atomic E-state index is -4.35. The number of rotatable bonds is 5. The van der Waals surface area contributed by atoms with E-state index in [2.05, 4.69) is 0 Å². The molecule has 5 nitrogen and oxygen atoms in total. The zero-order valence-corrected chi connectivity index (χ0v) is 13.9. The van der Waals surface area contributed by atoms with Gasteiger partial charge in [-0.1, -0.05) is 13.0 Å². The SMILES string of the molecule is CCN(Cc1ccc2c(c1)OCO2)S(=O)(=O)c1ccc(F)c(F)c1F. The smallest absolute Gasteiger partial charge is 0.246 e. The fourth-order valence-electron chi connectivity index (χ4n) is 2.46. The van der Waals surface area contributed by atoms with Crippen molar-refractivity contribution in [3.05, 3.63) is 53.3 Å². The molecule has 134 valence electrons. The lowest BCUT2D eigenvalue weighted by Crippen LogP contribution is -2.31. The highest BCUT2D eigenvalue weighted by atomic mass is 32.2. The van der Waals surface area contributed by atoms with Gasteiger partial charge in [-0.05, 0) is 29.8 Å². The highest BCUT2D eigenvalue weighted by Crippen LogP contribution is 2.33. The molecule has 0 radical (unpaired) electrons. The van der Waals surface area contributed by atoms with Gasteiger partial charge in [0.25, 0.3) is 0 Å². The summed E-state index contributed by atoms with van der Waals surface area (Å²) < 4.78 is 77.0. The lowest BCUT2D eigenvalue weighted by molar-refractivity contribution is 0.174. The van der Waals surface area contributed by atoms with Crippen molar-refractivity contribution in [2.75, 3.05) is 13.3 Å². The predicted molar refractivity (Wildman–Crippen MR) is 82.2 cm³/mol. The highest BCUT2D eigenvalue weighted by molar-refractivity contribution is 7.89. The summed E-state index contributed by atoms with van der Waals surface area (Å²) in [6.45, 7) is 1.56. The Labute approximate surface area is 142 Å². The van der Waals surface area contributed by atoms with Gasteiger partial charge in [0.1, 0.15) is 4.90 Å². The lowest BCUT2D eigenvalue weighted by atomic mass is 10.2. The number of fused-ring (bicyclic) bond motifs is 1. The van der Waals surface area contributed by atoms with Gasteiger partial charge in [0, 0.05) is 13.1 Å². The maximum absolute atomic E-state index is 13.9. The molecule has 0 aromatic heterocycles. The Bertz CT molecular complexity index is 918. The Morgan fingerprint density at radius 3 is 2.48 bits per heavy atom. The van der Waals surface area contributed by atoms with Crippen LogP contribution in [0.1, 0.15) is 12.5 Å². The number of benzene rings is 2. The van der Waals surface area contributed by atoms with E-state index >= 15 is 0 Å². The van der Waals surface area contributed by atoms with Crippen LogP contribution in [-0.2, 0) is 16.6 Å². The van der Waals surface area contributed by atoms with Crippen LogP contribution in [0.2, 0.25) is 0 Å². The van der Waals surface area contributed by atoms with Crippen LogP contribution >= 0.6 is 0 Å². The second-order valence-electron chi connectivity index (χ2n) is 5.29. The van der Waals surface area contributed by atoms with Gasteiger partial charge in [0.2, 0.25) is 16.8 Å². The van der Waals surface area contributed by atoms with Gasteiger partial charge in [-0.2, -0.15) is 4.31 Å². The molecule has 0 N–H and O–H groups in total. The summed E-state index contributed by atoms with van der Waals surface area (Å²) in [5.41, 5.74) is 0.581. The van der Waals surface area contributed by atoms with Gasteiger partial charge in [-0.15, -0.1) is 0 Å². The summed E-state index contributed by atoms with van der Waals surface area (Å²) in [4.78, 5) is -0.908. The van der Waals surface area contributed by atoms with Crippen LogP contribution in [0.5, 0.6) is 11.5 Å². The second kappa shape index (κ2) is 6.57. The number of hydrogen-bond donors (Lipinski definition) is 0. The third-order valence-electron chi connectivity index (χ3n) is 3.77. The van der Waals surface area contributed by atoms with E-state index < -0.39 is 32.4 Å². The second-order valence-corrected chi connectivity index (χ2v) is 7.20. The molecular weight excluding hydrogens is 359 g/mol. The maximum Gasteiger partial charge on any atom is 0.246 e. The molecule has 9 heteroatoms. The third kappa shape index (κ3) is 3.16. The molecule has 3 rings (SSSR count). The van der Waals surface area contributed by atoms with Gasteiger partial charge in [0.05, 0.1) is 0 Å². The Balaban J connectivity index is 1.93. The summed E-state index contributed by atoms with van der Waals surface area (Å²) in [6.07, 6.45) is 0. The van der Waals surface area contributed by atoms with E-state index in [4.69, 9.17) is 9.47 Å². The van der Waals surface area contributed by atoms with Crippen molar-refractivity contribution in [3.8, 4) is 11.5 Å². The van der Waals surface area contributed by atoms with E-state index in [0.29, 0.717) is 29.2 Å². The van der Waals surface area contributed by atoms with Crippen LogP contribution in [0.15, 0.2) is 35.2 Å². The number of nitrogens with zero attached hydrogens (tertiary/aromatic N) is 1. The first-order valence-electron chi connectivity index (χ1n) is 7.36. The van der Waals surface area contributed by atoms with E-state index in [-0.39, 0.29) is 19.9 Å². The average Bonchev–Trinajstić information content (AvgIpc) is 3.04. The topological polar surface area (TPSA) is 55.8 Å². The van der Waals surface area contributed by atoms with Gasteiger partial charge in [-0.3, -0.25) is 0 Å². The van der Waals surface area contributed by atoms with Crippen molar-refractivity contribution in [1.82, 2.24) is 4.31 Å². The molecule has 0 spiro atoms. The monoisotopic (exact) mass is 373 g/mol. The van der Waals surface area contributed by atoms with Crippen molar-refractivity contribution in [2.45, 2.75) is 18.4 Å². The summed E-state index contributed by atoms with van der Waals surface area (Å²) in [5.74, 6) is -3.98. The van der Waals surface area contributed by atoms with Crippen LogP contribution in [0.4, 0.5) is 13.2 Å². The minimum absolute atomic E-state index is 0.00914. The first kappa shape index (κ1) is 17.6. The predicted octanol–water partition coefficient (Wildman–Crippen LogP) is 3.04. The molecule has 25 heavy (non-hydrogen) atoms.